The Bertz CT molecular complexity index is 871. The van der Waals surface area contributed by atoms with Gasteiger partial charge in [-0.05, 0) is 31.2 Å². The van der Waals surface area contributed by atoms with Crippen LogP contribution >= 0.6 is 0 Å². The number of carbonyl (C=O) groups is 2. The van der Waals surface area contributed by atoms with E-state index in [0.717, 1.165) is 23.5 Å². The van der Waals surface area contributed by atoms with E-state index in [1.807, 2.05) is 0 Å². The number of dihydropyridines is 1. The second-order valence-electron chi connectivity index (χ2n) is 6.88. The van der Waals surface area contributed by atoms with Crippen LogP contribution in [0.4, 0.5) is 5.69 Å². The Morgan fingerprint density at radius 3 is 2.08 bits per heavy atom. The molecule has 0 bridgehead atoms. The van der Waals surface area contributed by atoms with E-state index in [0.29, 0.717) is 49.7 Å². The molecule has 0 spiro atoms. The van der Waals surface area contributed by atoms with E-state index in [4.69, 9.17) is 0 Å². The van der Waals surface area contributed by atoms with Crippen LogP contribution in [-0.2, 0) is 9.59 Å². The first kappa shape index (κ1) is 16.5. The third-order valence-corrected chi connectivity index (χ3v) is 5.31. The molecular weight excluding hydrogens is 336 g/mol. The van der Waals surface area contributed by atoms with Gasteiger partial charge in [-0.2, -0.15) is 0 Å². The van der Waals surface area contributed by atoms with Crippen molar-refractivity contribution < 1.29 is 19.6 Å². The number of carbonyl (C=O) groups excluding carboxylic acids is 2. The summed E-state index contributed by atoms with van der Waals surface area (Å²) in [5, 5.41) is 27.0. The maximum Gasteiger partial charge on any atom is 0.269 e. The van der Waals surface area contributed by atoms with Gasteiger partial charge in [0, 0.05) is 53.4 Å². The zero-order valence-corrected chi connectivity index (χ0v) is 14.0. The molecule has 4 rings (SSSR count). The number of Topliss-reactive ketones (excluding diaryl/α,β-unsaturated/α-hetero) is 2. The molecule has 0 unspecified atom stereocenters. The molecule has 0 atom stereocenters. The van der Waals surface area contributed by atoms with Crippen molar-refractivity contribution in [3.8, 4) is 5.75 Å². The SMILES string of the molecule is O=C1CCCC2=C1C(c1cc([N+](=O)[O-])ccc1[O-])C1=C(CCCC1=O)N2. The lowest BCUT2D eigenvalue weighted by atomic mass is 9.71. The van der Waals surface area contributed by atoms with E-state index in [1.54, 1.807) is 0 Å². The summed E-state index contributed by atoms with van der Waals surface area (Å²) >= 11 is 0. The first-order chi connectivity index (χ1) is 12.5. The Morgan fingerprint density at radius 1 is 0.962 bits per heavy atom. The number of nitro benzene ring substituents is 1. The lowest BCUT2D eigenvalue weighted by Crippen LogP contribution is -2.36. The zero-order chi connectivity index (χ0) is 18.4. The molecule has 0 saturated heterocycles. The fourth-order valence-electron chi connectivity index (χ4n) is 4.17. The first-order valence-electron chi connectivity index (χ1n) is 8.72. The van der Waals surface area contributed by atoms with Gasteiger partial charge >= 0.3 is 0 Å². The Balaban J connectivity index is 1.96. The molecule has 1 aromatic carbocycles. The molecule has 134 valence electrons. The van der Waals surface area contributed by atoms with Crippen molar-refractivity contribution in [3.05, 3.63) is 56.4 Å². The second kappa shape index (κ2) is 6.09. The van der Waals surface area contributed by atoms with Crippen molar-refractivity contribution in [2.75, 3.05) is 0 Å². The molecule has 1 aliphatic heterocycles. The number of benzene rings is 1. The number of nitrogens with zero attached hydrogens (tertiary/aromatic N) is 1. The van der Waals surface area contributed by atoms with Crippen LogP contribution in [-0.4, -0.2) is 16.5 Å². The van der Waals surface area contributed by atoms with Crippen LogP contribution in [0.3, 0.4) is 0 Å². The maximum atomic E-state index is 12.7. The fourth-order valence-corrected chi connectivity index (χ4v) is 4.17. The zero-order valence-electron chi connectivity index (χ0n) is 14.0. The van der Waals surface area contributed by atoms with Crippen LogP contribution in [0.5, 0.6) is 5.75 Å². The Labute approximate surface area is 149 Å². The van der Waals surface area contributed by atoms with E-state index >= 15 is 0 Å². The highest BCUT2D eigenvalue weighted by Gasteiger charge is 2.40. The van der Waals surface area contributed by atoms with E-state index in [-0.39, 0.29) is 22.8 Å². The summed E-state index contributed by atoms with van der Waals surface area (Å²) in [6.45, 7) is 0. The lowest BCUT2D eigenvalue weighted by molar-refractivity contribution is -0.385. The molecule has 0 amide bonds. The molecule has 0 fully saturated rings. The molecule has 0 radical (unpaired) electrons. The summed E-state index contributed by atoms with van der Waals surface area (Å²) in [6, 6.07) is 3.52. The fraction of sp³-hybridized carbons (Fsp3) is 0.368. The van der Waals surface area contributed by atoms with Crippen LogP contribution < -0.4 is 10.4 Å². The molecule has 7 heteroatoms. The van der Waals surface area contributed by atoms with Gasteiger partial charge in [0.15, 0.2) is 11.6 Å². The van der Waals surface area contributed by atoms with Gasteiger partial charge in [-0.15, -0.1) is 5.75 Å². The van der Waals surface area contributed by atoms with Gasteiger partial charge in [-0.25, -0.2) is 0 Å². The topological polar surface area (TPSA) is 112 Å². The summed E-state index contributed by atoms with van der Waals surface area (Å²) in [7, 11) is 0. The maximum absolute atomic E-state index is 12.7. The molecule has 26 heavy (non-hydrogen) atoms. The van der Waals surface area contributed by atoms with Gasteiger partial charge in [0.25, 0.3) is 5.69 Å². The highest BCUT2D eigenvalue weighted by Crippen LogP contribution is 2.47. The number of hydrogen-bond donors (Lipinski definition) is 1. The molecular formula is C19H17N2O5-. The molecule has 3 aliphatic rings. The Kier molecular flexibility index (Phi) is 3.86. The van der Waals surface area contributed by atoms with E-state index in [1.165, 1.54) is 6.07 Å². The van der Waals surface area contributed by atoms with Crippen LogP contribution in [0.15, 0.2) is 40.7 Å². The van der Waals surface area contributed by atoms with Crippen molar-refractivity contribution in [3.63, 3.8) is 0 Å². The van der Waals surface area contributed by atoms with Gasteiger partial charge < -0.3 is 10.4 Å². The standard InChI is InChI=1S/C19H18N2O5/c22-14-8-7-10(21(25)26)9-11(14)17-18-12(3-1-5-15(18)23)20-13-4-2-6-16(24)19(13)17/h7-9,17,20,22H,1-6H2/p-1. The summed E-state index contributed by atoms with van der Waals surface area (Å²) in [5.74, 6) is -1.38. The minimum absolute atomic E-state index is 0.0976. The predicted molar refractivity (Wildman–Crippen MR) is 90.2 cm³/mol. The van der Waals surface area contributed by atoms with Crippen molar-refractivity contribution in [2.24, 2.45) is 0 Å². The molecule has 1 N–H and O–H groups in total. The minimum atomic E-state index is -0.797. The third kappa shape index (κ3) is 2.51. The highest BCUT2D eigenvalue weighted by molar-refractivity contribution is 6.06. The van der Waals surface area contributed by atoms with Crippen LogP contribution in [0, 0.1) is 10.1 Å². The lowest BCUT2D eigenvalue weighted by Gasteiger charge is -2.38. The Hall–Kier alpha value is -2.96. The number of non-ortho nitro benzene ring substituents is 1. The molecule has 0 aromatic heterocycles. The van der Waals surface area contributed by atoms with Crippen LogP contribution in [0.2, 0.25) is 0 Å². The van der Waals surface area contributed by atoms with Gasteiger partial charge in [0.2, 0.25) is 0 Å². The van der Waals surface area contributed by atoms with Gasteiger partial charge in [0.1, 0.15) is 0 Å². The normalized spacial score (nSPS) is 20.6. The van der Waals surface area contributed by atoms with Crippen LogP contribution in [0.25, 0.3) is 0 Å². The quantitative estimate of drug-likeness (QED) is 0.645. The van der Waals surface area contributed by atoms with Crippen molar-refractivity contribution in [2.45, 2.75) is 44.4 Å². The van der Waals surface area contributed by atoms with Crippen molar-refractivity contribution in [1.29, 1.82) is 0 Å². The third-order valence-electron chi connectivity index (χ3n) is 5.31. The molecule has 7 nitrogen and oxygen atoms in total. The van der Waals surface area contributed by atoms with E-state index in [9.17, 15) is 24.8 Å². The van der Waals surface area contributed by atoms with Crippen molar-refractivity contribution >= 4 is 17.3 Å². The number of nitrogens with one attached hydrogen (secondary N) is 1. The molecule has 2 aliphatic carbocycles. The predicted octanol–water partition coefficient (Wildman–Crippen LogP) is 2.37. The number of allylic oxidation sites excluding steroid dienone is 4. The largest absolute Gasteiger partial charge is 0.872 e. The average Bonchev–Trinajstić information content (AvgIpc) is 2.61. The average molecular weight is 353 g/mol. The Morgan fingerprint density at radius 2 is 1.54 bits per heavy atom. The number of nitro groups is 1. The molecule has 1 aromatic rings. The second-order valence-corrected chi connectivity index (χ2v) is 6.88. The number of ketones is 2. The summed E-state index contributed by atoms with van der Waals surface area (Å²) in [4.78, 5) is 35.9. The van der Waals surface area contributed by atoms with Crippen molar-refractivity contribution in [1.82, 2.24) is 5.32 Å². The number of rotatable bonds is 2. The highest BCUT2D eigenvalue weighted by atomic mass is 16.6. The van der Waals surface area contributed by atoms with Gasteiger partial charge in [-0.3, -0.25) is 19.7 Å². The van der Waals surface area contributed by atoms with Crippen LogP contribution in [0.1, 0.15) is 50.0 Å². The first-order valence-corrected chi connectivity index (χ1v) is 8.72. The summed E-state index contributed by atoms with van der Waals surface area (Å²) in [6.07, 6.45) is 3.49. The summed E-state index contributed by atoms with van der Waals surface area (Å²) < 4.78 is 0. The molecule has 1 heterocycles. The van der Waals surface area contributed by atoms with Gasteiger partial charge in [-0.1, -0.05) is 6.07 Å². The van der Waals surface area contributed by atoms with E-state index < -0.39 is 16.6 Å². The molecule has 0 saturated carbocycles. The van der Waals surface area contributed by atoms with E-state index in [2.05, 4.69) is 5.32 Å². The minimum Gasteiger partial charge on any atom is -0.872 e. The monoisotopic (exact) mass is 353 g/mol. The summed E-state index contributed by atoms with van der Waals surface area (Å²) in [5.41, 5.74) is 2.31. The van der Waals surface area contributed by atoms with Gasteiger partial charge in [0.05, 0.1) is 4.92 Å². The smallest absolute Gasteiger partial charge is 0.269 e. The number of hydrogen-bond acceptors (Lipinski definition) is 6.